The van der Waals surface area contributed by atoms with E-state index >= 15 is 0 Å². The van der Waals surface area contributed by atoms with Gasteiger partial charge in [0.05, 0.1) is 40.0 Å². The molecule has 38 heavy (non-hydrogen) atoms. The van der Waals surface area contributed by atoms with Gasteiger partial charge in [-0.25, -0.2) is 14.6 Å². The van der Waals surface area contributed by atoms with E-state index in [9.17, 15) is 14.4 Å². The highest BCUT2D eigenvalue weighted by atomic mass is 79.9. The summed E-state index contributed by atoms with van der Waals surface area (Å²) in [5, 5.41) is 8.94. The number of esters is 1. The van der Waals surface area contributed by atoms with Crippen LogP contribution in [-0.2, 0) is 14.3 Å². The molecular formula is C27H25BrN2O7S. The molecule has 9 nitrogen and oxygen atoms in total. The molecule has 0 spiro atoms. The summed E-state index contributed by atoms with van der Waals surface area (Å²) >= 11 is 4.60. The number of methoxy groups -OCH3 is 1. The maximum atomic E-state index is 13.8. The zero-order valence-electron chi connectivity index (χ0n) is 21.1. The molecule has 1 aromatic heterocycles. The smallest absolute Gasteiger partial charge is 0.341 e. The summed E-state index contributed by atoms with van der Waals surface area (Å²) in [6.07, 6.45) is 1.69. The molecule has 0 saturated heterocycles. The van der Waals surface area contributed by atoms with Gasteiger partial charge in [0.2, 0.25) is 0 Å². The summed E-state index contributed by atoms with van der Waals surface area (Å²) in [5.41, 5.74) is 2.94. The van der Waals surface area contributed by atoms with Crippen molar-refractivity contribution in [1.29, 1.82) is 0 Å². The normalized spacial score (nSPS) is 15.1. The fourth-order valence-electron chi connectivity index (χ4n) is 4.10. The maximum Gasteiger partial charge on any atom is 0.341 e. The Bertz CT molecular complexity index is 1620. The van der Waals surface area contributed by atoms with Crippen LogP contribution in [0.1, 0.15) is 36.6 Å². The van der Waals surface area contributed by atoms with Crippen LogP contribution in [0.15, 0.2) is 61.9 Å². The first-order chi connectivity index (χ1) is 18.1. The van der Waals surface area contributed by atoms with Gasteiger partial charge in [-0.2, -0.15) is 0 Å². The van der Waals surface area contributed by atoms with Crippen LogP contribution in [-0.4, -0.2) is 41.9 Å². The van der Waals surface area contributed by atoms with Gasteiger partial charge in [-0.05, 0) is 66.0 Å². The number of aliphatic carboxylic acids is 1. The number of halogens is 1. The zero-order valence-corrected chi connectivity index (χ0v) is 23.5. The monoisotopic (exact) mass is 600 g/mol. The van der Waals surface area contributed by atoms with Crippen molar-refractivity contribution in [2.45, 2.75) is 26.8 Å². The topological polar surface area (TPSA) is 116 Å². The van der Waals surface area contributed by atoms with Crippen molar-refractivity contribution in [3.05, 3.63) is 88.5 Å². The Morgan fingerprint density at radius 2 is 1.92 bits per heavy atom. The van der Waals surface area contributed by atoms with Crippen LogP contribution in [0.3, 0.4) is 0 Å². The van der Waals surface area contributed by atoms with E-state index in [4.69, 9.17) is 19.3 Å². The number of ether oxygens (including phenoxy) is 3. The molecule has 3 aromatic rings. The van der Waals surface area contributed by atoms with Gasteiger partial charge < -0.3 is 19.3 Å². The summed E-state index contributed by atoms with van der Waals surface area (Å²) in [7, 11) is 1.44. The van der Waals surface area contributed by atoms with Gasteiger partial charge in [-0.15, -0.1) is 0 Å². The molecule has 11 heteroatoms. The van der Waals surface area contributed by atoms with Gasteiger partial charge in [0.25, 0.3) is 5.56 Å². The molecule has 1 atom stereocenters. The molecule has 2 aromatic carbocycles. The molecule has 0 unspecified atom stereocenters. The van der Waals surface area contributed by atoms with Crippen LogP contribution < -0.4 is 24.4 Å². The Hall–Kier alpha value is -3.70. The number of carboxylic acid groups (broad SMARTS) is 1. The molecular weight excluding hydrogens is 576 g/mol. The molecule has 0 radical (unpaired) electrons. The maximum absolute atomic E-state index is 13.8. The van der Waals surface area contributed by atoms with Gasteiger partial charge in [0.1, 0.15) is 0 Å². The predicted octanol–water partition coefficient (Wildman–Crippen LogP) is 3.34. The molecule has 0 fully saturated rings. The lowest BCUT2D eigenvalue weighted by Crippen LogP contribution is -2.39. The molecule has 0 amide bonds. The number of nitrogens with zero attached hydrogens (tertiary/aromatic N) is 2. The van der Waals surface area contributed by atoms with Crippen LogP contribution >= 0.6 is 27.3 Å². The first kappa shape index (κ1) is 27.3. The zero-order chi connectivity index (χ0) is 27.6. The number of benzene rings is 2. The fourth-order valence-corrected chi connectivity index (χ4v) is 5.72. The molecule has 0 bridgehead atoms. The number of fused-ring (bicyclic) bond motifs is 1. The second-order valence-corrected chi connectivity index (χ2v) is 10.3. The highest BCUT2D eigenvalue weighted by molar-refractivity contribution is 9.10. The SMILES string of the molecule is CCOC(=O)C1=C(C)N=c2s/c(=C/c3cc(Br)c(OCC(=O)O)c(OC)c3)c(=O)n2[C@H]1c1ccc(C)cc1. The summed E-state index contributed by atoms with van der Waals surface area (Å²) in [6.45, 7) is 5.10. The molecule has 0 saturated carbocycles. The highest BCUT2D eigenvalue weighted by Crippen LogP contribution is 2.37. The van der Waals surface area contributed by atoms with Crippen LogP contribution in [0, 0.1) is 6.92 Å². The second kappa shape index (κ2) is 11.4. The number of rotatable bonds is 8. The van der Waals surface area contributed by atoms with E-state index < -0.39 is 24.6 Å². The Morgan fingerprint density at radius 3 is 2.55 bits per heavy atom. The number of thiazole rings is 1. The first-order valence-electron chi connectivity index (χ1n) is 11.6. The largest absolute Gasteiger partial charge is 0.493 e. The Balaban J connectivity index is 1.88. The van der Waals surface area contributed by atoms with Crippen molar-refractivity contribution in [3.8, 4) is 11.5 Å². The molecule has 2 heterocycles. The standard InChI is InChI=1S/C27H25BrN2O7S/c1-5-36-26(34)22-15(3)29-27-30(23(22)17-8-6-14(2)7-9-17)25(33)20(38-27)12-16-10-18(28)24(19(11-16)35-4)37-13-21(31)32/h6-12,23H,5,13H2,1-4H3,(H,31,32)/b20-12+/t23-/m0/s1. The van der Waals surface area contributed by atoms with E-state index in [0.29, 0.717) is 36.4 Å². The first-order valence-corrected chi connectivity index (χ1v) is 13.2. The minimum absolute atomic E-state index is 0.198. The van der Waals surface area contributed by atoms with Gasteiger partial charge in [0.15, 0.2) is 22.9 Å². The summed E-state index contributed by atoms with van der Waals surface area (Å²) in [6, 6.07) is 10.3. The van der Waals surface area contributed by atoms with E-state index in [1.54, 1.807) is 32.1 Å². The number of hydrogen-bond donors (Lipinski definition) is 1. The van der Waals surface area contributed by atoms with Crippen molar-refractivity contribution in [2.24, 2.45) is 4.99 Å². The van der Waals surface area contributed by atoms with Crippen molar-refractivity contribution < 1.29 is 28.9 Å². The predicted molar refractivity (Wildman–Crippen MR) is 145 cm³/mol. The fraction of sp³-hybridized carbons (Fsp3) is 0.259. The van der Waals surface area contributed by atoms with Crippen molar-refractivity contribution in [2.75, 3.05) is 20.3 Å². The van der Waals surface area contributed by atoms with E-state index in [1.165, 1.54) is 23.0 Å². The molecule has 1 aliphatic rings. The third-order valence-electron chi connectivity index (χ3n) is 5.80. The minimum Gasteiger partial charge on any atom is -0.493 e. The average molecular weight is 601 g/mol. The van der Waals surface area contributed by atoms with E-state index in [2.05, 4.69) is 20.9 Å². The lowest BCUT2D eigenvalue weighted by atomic mass is 9.95. The van der Waals surface area contributed by atoms with Crippen LogP contribution in [0.4, 0.5) is 0 Å². The summed E-state index contributed by atoms with van der Waals surface area (Å²) in [4.78, 5) is 42.7. The Kier molecular flexibility index (Phi) is 8.17. The molecule has 1 N–H and O–H groups in total. The number of carbonyl (C=O) groups is 2. The number of aryl methyl sites for hydroxylation is 1. The quantitative estimate of drug-likeness (QED) is 0.394. The van der Waals surface area contributed by atoms with Crippen molar-refractivity contribution in [3.63, 3.8) is 0 Å². The number of aromatic nitrogens is 1. The number of carbonyl (C=O) groups excluding carboxylic acids is 1. The summed E-state index contributed by atoms with van der Waals surface area (Å²) in [5.74, 6) is -1.09. The van der Waals surface area contributed by atoms with Gasteiger partial charge in [-0.1, -0.05) is 41.2 Å². The molecule has 4 rings (SSSR count). The highest BCUT2D eigenvalue weighted by Gasteiger charge is 2.33. The van der Waals surface area contributed by atoms with Crippen molar-refractivity contribution >= 4 is 45.3 Å². The van der Waals surface area contributed by atoms with Gasteiger partial charge in [0, 0.05) is 0 Å². The third kappa shape index (κ3) is 5.44. The van der Waals surface area contributed by atoms with Crippen LogP contribution in [0.5, 0.6) is 11.5 Å². The summed E-state index contributed by atoms with van der Waals surface area (Å²) < 4.78 is 18.4. The molecule has 1 aliphatic heterocycles. The molecule has 198 valence electrons. The number of hydrogen-bond acceptors (Lipinski definition) is 8. The lowest BCUT2D eigenvalue weighted by Gasteiger charge is -2.24. The molecule has 0 aliphatic carbocycles. The number of carboxylic acids is 1. The Labute approximate surface area is 230 Å². The average Bonchev–Trinajstić information content (AvgIpc) is 3.16. The van der Waals surface area contributed by atoms with Crippen LogP contribution in [0.2, 0.25) is 0 Å². The van der Waals surface area contributed by atoms with Gasteiger partial charge >= 0.3 is 11.9 Å². The number of allylic oxidation sites excluding steroid dienone is 1. The van der Waals surface area contributed by atoms with Gasteiger partial charge in [-0.3, -0.25) is 9.36 Å². The van der Waals surface area contributed by atoms with E-state index in [-0.39, 0.29) is 17.9 Å². The van der Waals surface area contributed by atoms with Crippen LogP contribution in [0.25, 0.3) is 6.08 Å². The van der Waals surface area contributed by atoms with Crippen molar-refractivity contribution in [1.82, 2.24) is 4.57 Å². The second-order valence-electron chi connectivity index (χ2n) is 8.43. The lowest BCUT2D eigenvalue weighted by molar-refractivity contribution is -0.140. The third-order valence-corrected chi connectivity index (χ3v) is 7.37. The van der Waals surface area contributed by atoms with E-state index in [0.717, 1.165) is 11.1 Å². The minimum atomic E-state index is -1.12. The Morgan fingerprint density at radius 1 is 1.21 bits per heavy atom. The van der Waals surface area contributed by atoms with E-state index in [1.807, 2.05) is 31.2 Å².